The number of carbonyl (C=O) groups is 1. The van der Waals surface area contributed by atoms with Crippen LogP contribution >= 0.6 is 0 Å². The summed E-state index contributed by atoms with van der Waals surface area (Å²) < 4.78 is 0. The molecule has 2 rings (SSSR count). The number of nitrogens with zero attached hydrogens (tertiary/aromatic N) is 1. The monoisotopic (exact) mass is 252 g/mol. The zero-order valence-electron chi connectivity index (χ0n) is 11.0. The van der Waals surface area contributed by atoms with Crippen molar-refractivity contribution in [2.75, 3.05) is 26.2 Å². The molecular weight excluding hydrogens is 228 g/mol. The topological polar surface area (TPSA) is 52.6 Å². The lowest BCUT2D eigenvalue weighted by Gasteiger charge is -2.29. The average Bonchev–Trinajstić information content (AvgIpc) is 2.91. The quantitative estimate of drug-likeness (QED) is 0.715. The lowest BCUT2D eigenvalue weighted by Crippen LogP contribution is -2.45. The number of hydrogen-bond acceptors (Lipinski definition) is 3. The fourth-order valence-corrected chi connectivity index (χ4v) is 2.87. The van der Waals surface area contributed by atoms with Crippen LogP contribution in [0.2, 0.25) is 0 Å². The van der Waals surface area contributed by atoms with E-state index in [4.69, 9.17) is 5.11 Å². The summed E-state index contributed by atoms with van der Waals surface area (Å²) >= 11 is 0. The van der Waals surface area contributed by atoms with Gasteiger partial charge in [-0.15, -0.1) is 0 Å². The van der Waals surface area contributed by atoms with E-state index < -0.39 is 0 Å². The largest absolute Gasteiger partial charge is 0.395 e. The van der Waals surface area contributed by atoms with Crippen molar-refractivity contribution in [2.24, 2.45) is 5.92 Å². The van der Waals surface area contributed by atoms with E-state index in [1.165, 1.54) is 6.42 Å². The lowest BCUT2D eigenvalue weighted by atomic mass is 9.93. The Morgan fingerprint density at radius 1 is 1.39 bits per heavy atom. The van der Waals surface area contributed by atoms with E-state index in [-0.39, 0.29) is 18.4 Å². The molecule has 0 spiro atoms. The molecule has 1 heterocycles. The first kappa shape index (κ1) is 13.6. The first-order valence-corrected chi connectivity index (χ1v) is 7.09. The molecule has 1 fully saturated rings. The first-order valence-electron chi connectivity index (χ1n) is 7.09. The molecule has 0 bridgehead atoms. The third-order valence-electron chi connectivity index (χ3n) is 3.90. The number of aliphatic hydroxyl groups is 1. The number of carbonyl (C=O) groups excluding carboxylic acids is 1. The normalized spacial score (nSPS) is 27.4. The van der Waals surface area contributed by atoms with Crippen LogP contribution in [-0.4, -0.2) is 48.2 Å². The second kappa shape index (κ2) is 6.90. The smallest absolute Gasteiger partial charge is 0.226 e. The summed E-state index contributed by atoms with van der Waals surface area (Å²) in [4.78, 5) is 14.3. The molecule has 4 nitrogen and oxygen atoms in total. The maximum absolute atomic E-state index is 12.4. The highest BCUT2D eigenvalue weighted by molar-refractivity contribution is 5.79. The SMILES string of the molecule is O=C(C1CC=CCC1)N(CCO)CC1CCCN1. The Hall–Kier alpha value is -0.870. The molecule has 0 saturated carbocycles. The zero-order valence-corrected chi connectivity index (χ0v) is 11.0. The van der Waals surface area contributed by atoms with Gasteiger partial charge in [0, 0.05) is 25.0 Å². The van der Waals surface area contributed by atoms with Crippen LogP contribution < -0.4 is 5.32 Å². The third-order valence-corrected chi connectivity index (χ3v) is 3.90. The number of hydrogen-bond donors (Lipinski definition) is 2. The Morgan fingerprint density at radius 3 is 2.89 bits per heavy atom. The molecule has 2 aliphatic rings. The molecule has 1 saturated heterocycles. The molecule has 2 unspecified atom stereocenters. The molecule has 1 aliphatic carbocycles. The summed E-state index contributed by atoms with van der Waals surface area (Å²) in [5, 5.41) is 12.5. The van der Waals surface area contributed by atoms with Crippen LogP contribution in [0.15, 0.2) is 12.2 Å². The minimum absolute atomic E-state index is 0.0566. The molecule has 2 N–H and O–H groups in total. The van der Waals surface area contributed by atoms with Gasteiger partial charge in [-0.3, -0.25) is 4.79 Å². The van der Waals surface area contributed by atoms with Gasteiger partial charge in [0.15, 0.2) is 0 Å². The predicted octanol–water partition coefficient (Wildman–Crippen LogP) is 0.916. The highest BCUT2D eigenvalue weighted by atomic mass is 16.3. The standard InChI is InChI=1S/C14H24N2O2/c17-10-9-16(11-13-7-4-8-15-13)14(18)12-5-2-1-3-6-12/h1-2,12-13,15,17H,3-11H2. The Labute approximate surface area is 109 Å². The maximum Gasteiger partial charge on any atom is 0.226 e. The van der Waals surface area contributed by atoms with E-state index in [1.807, 2.05) is 4.90 Å². The van der Waals surface area contributed by atoms with Crippen molar-refractivity contribution in [3.8, 4) is 0 Å². The van der Waals surface area contributed by atoms with E-state index in [0.717, 1.165) is 38.8 Å². The van der Waals surface area contributed by atoms with Gasteiger partial charge >= 0.3 is 0 Å². The van der Waals surface area contributed by atoms with Gasteiger partial charge in [0.2, 0.25) is 5.91 Å². The van der Waals surface area contributed by atoms with E-state index in [1.54, 1.807) is 0 Å². The molecule has 0 radical (unpaired) electrons. The molecular formula is C14H24N2O2. The van der Waals surface area contributed by atoms with Gasteiger partial charge < -0.3 is 15.3 Å². The molecule has 0 aromatic heterocycles. The maximum atomic E-state index is 12.4. The fraction of sp³-hybridized carbons (Fsp3) is 0.786. The van der Waals surface area contributed by atoms with E-state index >= 15 is 0 Å². The number of aliphatic hydroxyl groups excluding tert-OH is 1. The summed E-state index contributed by atoms with van der Waals surface area (Å²) in [6.07, 6.45) is 9.41. The molecule has 1 amide bonds. The number of amides is 1. The minimum atomic E-state index is 0.0566. The van der Waals surface area contributed by atoms with Gasteiger partial charge in [0.1, 0.15) is 0 Å². The van der Waals surface area contributed by atoms with Gasteiger partial charge in [-0.2, -0.15) is 0 Å². The Morgan fingerprint density at radius 2 is 2.28 bits per heavy atom. The molecule has 18 heavy (non-hydrogen) atoms. The van der Waals surface area contributed by atoms with Crippen molar-refractivity contribution >= 4 is 5.91 Å². The number of rotatable bonds is 5. The summed E-state index contributed by atoms with van der Waals surface area (Å²) in [6, 6.07) is 0.416. The number of nitrogens with one attached hydrogen (secondary N) is 1. The second-order valence-corrected chi connectivity index (χ2v) is 5.28. The highest BCUT2D eigenvalue weighted by Crippen LogP contribution is 2.21. The summed E-state index contributed by atoms with van der Waals surface area (Å²) in [6.45, 7) is 2.33. The van der Waals surface area contributed by atoms with Crippen molar-refractivity contribution in [2.45, 2.75) is 38.1 Å². The van der Waals surface area contributed by atoms with Crippen LogP contribution in [0.4, 0.5) is 0 Å². The van der Waals surface area contributed by atoms with Gasteiger partial charge in [0.05, 0.1) is 6.61 Å². The molecule has 2 atom stereocenters. The molecule has 1 aliphatic heterocycles. The van der Waals surface area contributed by atoms with Gasteiger partial charge in [0.25, 0.3) is 0 Å². The zero-order chi connectivity index (χ0) is 12.8. The molecule has 0 aromatic carbocycles. The Balaban J connectivity index is 1.90. The second-order valence-electron chi connectivity index (χ2n) is 5.28. The van der Waals surface area contributed by atoms with Crippen molar-refractivity contribution in [3.05, 3.63) is 12.2 Å². The molecule has 4 heteroatoms. The Bertz CT molecular complexity index is 298. The Kier molecular flexibility index (Phi) is 5.20. The van der Waals surface area contributed by atoms with E-state index in [2.05, 4.69) is 17.5 Å². The van der Waals surface area contributed by atoms with Gasteiger partial charge in [-0.1, -0.05) is 12.2 Å². The third kappa shape index (κ3) is 3.56. The van der Waals surface area contributed by atoms with Crippen LogP contribution in [0.5, 0.6) is 0 Å². The molecule has 0 aromatic rings. The van der Waals surface area contributed by atoms with Gasteiger partial charge in [-0.25, -0.2) is 0 Å². The van der Waals surface area contributed by atoms with Gasteiger partial charge in [-0.05, 0) is 38.6 Å². The lowest BCUT2D eigenvalue weighted by molar-refractivity contribution is -0.136. The van der Waals surface area contributed by atoms with E-state index in [9.17, 15) is 4.79 Å². The average molecular weight is 252 g/mol. The number of allylic oxidation sites excluding steroid dienone is 2. The summed E-state index contributed by atoms with van der Waals surface area (Å²) in [7, 11) is 0. The minimum Gasteiger partial charge on any atom is -0.395 e. The van der Waals surface area contributed by atoms with Crippen LogP contribution in [0.3, 0.4) is 0 Å². The highest BCUT2D eigenvalue weighted by Gasteiger charge is 2.26. The summed E-state index contributed by atoms with van der Waals surface area (Å²) in [5.41, 5.74) is 0. The molecule has 102 valence electrons. The first-order chi connectivity index (χ1) is 8.81. The van der Waals surface area contributed by atoms with Crippen LogP contribution in [0.1, 0.15) is 32.1 Å². The fourth-order valence-electron chi connectivity index (χ4n) is 2.87. The van der Waals surface area contributed by atoms with Crippen LogP contribution in [0.25, 0.3) is 0 Å². The summed E-state index contributed by atoms with van der Waals surface area (Å²) in [5.74, 6) is 0.352. The van der Waals surface area contributed by atoms with Crippen molar-refractivity contribution < 1.29 is 9.90 Å². The van der Waals surface area contributed by atoms with Crippen molar-refractivity contribution in [1.29, 1.82) is 0 Å². The predicted molar refractivity (Wildman–Crippen MR) is 71.2 cm³/mol. The van der Waals surface area contributed by atoms with Crippen LogP contribution in [-0.2, 0) is 4.79 Å². The van der Waals surface area contributed by atoms with Crippen LogP contribution in [0, 0.1) is 5.92 Å². The van der Waals surface area contributed by atoms with E-state index in [0.29, 0.717) is 12.6 Å². The van der Waals surface area contributed by atoms with Crippen molar-refractivity contribution in [1.82, 2.24) is 10.2 Å². The van der Waals surface area contributed by atoms with Crippen molar-refractivity contribution in [3.63, 3.8) is 0 Å².